The highest BCUT2D eigenvalue weighted by Crippen LogP contribution is 2.24. The second kappa shape index (κ2) is 17.4. The van der Waals surface area contributed by atoms with Crippen molar-refractivity contribution in [2.45, 2.75) is 70.7 Å². The third-order valence-electron chi connectivity index (χ3n) is 8.19. The van der Waals surface area contributed by atoms with E-state index >= 15 is 0 Å². The molecular weight excluding hydrogens is 656 g/mol. The maximum atomic E-state index is 14.5. The van der Waals surface area contributed by atoms with Gasteiger partial charge in [0.2, 0.25) is 17.7 Å². The molecule has 0 aromatic heterocycles. The predicted molar refractivity (Wildman–Crippen MR) is 188 cm³/mol. The fourth-order valence-corrected chi connectivity index (χ4v) is 5.73. The standard InChI is InChI=1S/C38H46N4O9/c1-5-50-33(45)24-39-34(46)30(21-25-9-7-6-8-10-25)40-35(47)31(22-26-11-15-28(43)16-12-26)41-19-20-42(37(49)51-38(2,3)4)32(36(41)48)23-27-13-17-29(44)18-14-27/h6-18,30-32,43-44H,5,19-24H2,1-4H3,(H,39,46)(H,40,47)/t30-,31-,32-/m0/s1. The highest BCUT2D eigenvalue weighted by atomic mass is 16.6. The predicted octanol–water partition coefficient (Wildman–Crippen LogP) is 3.11. The average molecular weight is 703 g/mol. The SMILES string of the molecule is CCOC(=O)CNC(=O)[C@H](Cc1ccccc1)NC(=O)[C@H](Cc1ccc(O)cc1)N1CCN(C(=O)OC(C)(C)C)[C@@H](Cc2ccc(O)cc2)C1=O. The lowest BCUT2D eigenvalue weighted by atomic mass is 9.97. The Labute approximate surface area is 297 Å². The van der Waals surface area contributed by atoms with Gasteiger partial charge in [-0.15, -0.1) is 0 Å². The summed E-state index contributed by atoms with van der Waals surface area (Å²) in [6.45, 7) is 6.61. The summed E-state index contributed by atoms with van der Waals surface area (Å²) in [6, 6.07) is 18.2. The van der Waals surface area contributed by atoms with Crippen LogP contribution in [-0.4, -0.2) is 99.8 Å². The molecule has 1 fully saturated rings. The number of aromatic hydroxyl groups is 2. The zero-order chi connectivity index (χ0) is 37.1. The number of piperazine rings is 1. The minimum absolute atomic E-state index is 0.0151. The van der Waals surface area contributed by atoms with Crippen LogP contribution in [0, 0.1) is 0 Å². The van der Waals surface area contributed by atoms with E-state index < -0.39 is 60.1 Å². The lowest BCUT2D eigenvalue weighted by Crippen LogP contribution is -2.65. The number of carbonyl (C=O) groups excluding carboxylic acids is 5. The average Bonchev–Trinajstić information content (AvgIpc) is 3.08. The van der Waals surface area contributed by atoms with Crippen LogP contribution in [-0.2, 0) is 47.9 Å². The normalized spacial score (nSPS) is 15.8. The van der Waals surface area contributed by atoms with Gasteiger partial charge in [0, 0.05) is 32.4 Å². The number of nitrogens with one attached hydrogen (secondary N) is 2. The summed E-state index contributed by atoms with van der Waals surface area (Å²) in [6.07, 6.45) is -0.481. The Kier molecular flexibility index (Phi) is 13.0. The number of ether oxygens (including phenoxy) is 2. The molecule has 0 aliphatic carbocycles. The van der Waals surface area contributed by atoms with Crippen LogP contribution < -0.4 is 10.6 Å². The molecule has 4 rings (SSSR count). The van der Waals surface area contributed by atoms with Crippen molar-refractivity contribution < 1.29 is 43.7 Å². The van der Waals surface area contributed by atoms with Crippen LogP contribution in [0.25, 0.3) is 0 Å². The monoisotopic (exact) mass is 702 g/mol. The highest BCUT2D eigenvalue weighted by Gasteiger charge is 2.44. The first-order chi connectivity index (χ1) is 24.2. The van der Waals surface area contributed by atoms with Gasteiger partial charge in [0.05, 0.1) is 6.61 Å². The number of hydrogen-bond donors (Lipinski definition) is 4. The smallest absolute Gasteiger partial charge is 0.411 e. The van der Waals surface area contributed by atoms with Gasteiger partial charge >= 0.3 is 12.1 Å². The van der Waals surface area contributed by atoms with Crippen LogP contribution in [0.5, 0.6) is 11.5 Å². The Morgan fingerprint density at radius 3 is 2.00 bits per heavy atom. The van der Waals surface area contributed by atoms with Crippen molar-refractivity contribution in [1.82, 2.24) is 20.4 Å². The molecule has 0 radical (unpaired) electrons. The van der Waals surface area contributed by atoms with Gasteiger partial charge in [-0.05, 0) is 68.7 Å². The third kappa shape index (κ3) is 11.2. The zero-order valence-corrected chi connectivity index (χ0v) is 29.3. The van der Waals surface area contributed by atoms with Gasteiger partial charge in [-0.2, -0.15) is 0 Å². The number of phenolic OH excluding ortho intramolecular Hbond substituents is 2. The van der Waals surface area contributed by atoms with Crippen LogP contribution >= 0.6 is 0 Å². The Bertz CT molecular complexity index is 1660. The fraction of sp³-hybridized carbons (Fsp3) is 0.395. The van der Waals surface area contributed by atoms with Gasteiger partial charge in [-0.1, -0.05) is 54.6 Å². The second-order valence-corrected chi connectivity index (χ2v) is 13.3. The Balaban J connectivity index is 1.67. The van der Waals surface area contributed by atoms with Gasteiger partial charge in [0.15, 0.2) is 0 Å². The molecule has 4 amide bonds. The maximum absolute atomic E-state index is 14.5. The quantitative estimate of drug-likeness (QED) is 0.195. The summed E-state index contributed by atoms with van der Waals surface area (Å²) in [4.78, 5) is 70.5. The second-order valence-electron chi connectivity index (χ2n) is 13.3. The number of benzene rings is 3. The van der Waals surface area contributed by atoms with Crippen molar-refractivity contribution in [2.24, 2.45) is 0 Å². The largest absolute Gasteiger partial charge is 0.508 e. The number of carbonyl (C=O) groups is 5. The van der Waals surface area contributed by atoms with Crippen LogP contribution in [0.4, 0.5) is 4.79 Å². The van der Waals surface area contributed by atoms with Gasteiger partial charge in [-0.3, -0.25) is 24.1 Å². The summed E-state index contributed by atoms with van der Waals surface area (Å²) in [7, 11) is 0. The first kappa shape index (κ1) is 38.2. The topological polar surface area (TPSA) is 175 Å². The van der Waals surface area contributed by atoms with Crippen LogP contribution in [0.2, 0.25) is 0 Å². The Morgan fingerprint density at radius 1 is 0.824 bits per heavy atom. The summed E-state index contributed by atoms with van der Waals surface area (Å²) in [5.74, 6) is -2.31. The first-order valence-corrected chi connectivity index (χ1v) is 16.9. The zero-order valence-electron chi connectivity index (χ0n) is 29.3. The number of rotatable bonds is 13. The third-order valence-corrected chi connectivity index (χ3v) is 8.19. The van der Waals surface area contributed by atoms with Crippen molar-refractivity contribution >= 4 is 29.8 Å². The van der Waals surface area contributed by atoms with Crippen molar-refractivity contribution in [3.63, 3.8) is 0 Å². The number of amides is 4. The van der Waals surface area contributed by atoms with Gasteiger partial charge in [-0.25, -0.2) is 4.79 Å². The van der Waals surface area contributed by atoms with Crippen molar-refractivity contribution in [3.05, 3.63) is 95.6 Å². The van der Waals surface area contributed by atoms with Crippen molar-refractivity contribution in [2.75, 3.05) is 26.2 Å². The molecule has 1 saturated heterocycles. The summed E-state index contributed by atoms with van der Waals surface area (Å²) < 4.78 is 10.6. The van der Waals surface area contributed by atoms with E-state index in [9.17, 15) is 34.2 Å². The number of phenols is 2. The van der Waals surface area contributed by atoms with Crippen LogP contribution in [0.3, 0.4) is 0 Å². The van der Waals surface area contributed by atoms with Crippen molar-refractivity contribution in [3.8, 4) is 11.5 Å². The molecule has 3 aromatic rings. The maximum Gasteiger partial charge on any atom is 0.411 e. The van der Waals surface area contributed by atoms with E-state index in [1.54, 1.807) is 76.2 Å². The minimum atomic E-state index is -1.14. The number of hydrogen-bond acceptors (Lipinski definition) is 9. The van der Waals surface area contributed by atoms with E-state index in [0.29, 0.717) is 11.1 Å². The first-order valence-electron chi connectivity index (χ1n) is 16.9. The molecule has 3 aromatic carbocycles. The molecule has 272 valence electrons. The molecule has 0 spiro atoms. The Hall–Kier alpha value is -5.59. The molecule has 4 N–H and O–H groups in total. The highest BCUT2D eigenvalue weighted by molar-refractivity contribution is 5.95. The molecule has 51 heavy (non-hydrogen) atoms. The summed E-state index contributed by atoms with van der Waals surface area (Å²) in [5.41, 5.74) is 1.22. The Morgan fingerprint density at radius 2 is 1.41 bits per heavy atom. The lowest BCUT2D eigenvalue weighted by molar-refractivity contribution is -0.149. The molecule has 0 saturated carbocycles. The molecule has 3 atom stereocenters. The fourth-order valence-electron chi connectivity index (χ4n) is 5.73. The van der Waals surface area contributed by atoms with E-state index in [0.717, 1.165) is 5.56 Å². The van der Waals surface area contributed by atoms with Crippen LogP contribution in [0.15, 0.2) is 78.9 Å². The molecule has 0 bridgehead atoms. The van der Waals surface area contributed by atoms with E-state index in [1.807, 2.05) is 6.07 Å². The molecule has 1 aliphatic heterocycles. The van der Waals surface area contributed by atoms with E-state index in [-0.39, 0.29) is 50.5 Å². The van der Waals surface area contributed by atoms with Crippen molar-refractivity contribution in [1.29, 1.82) is 0 Å². The summed E-state index contributed by atoms with van der Waals surface area (Å²) in [5, 5.41) is 25.1. The van der Waals surface area contributed by atoms with E-state index in [4.69, 9.17) is 9.47 Å². The van der Waals surface area contributed by atoms with E-state index in [2.05, 4.69) is 10.6 Å². The molecule has 1 aliphatic rings. The lowest BCUT2D eigenvalue weighted by Gasteiger charge is -2.43. The molecule has 1 heterocycles. The molecule has 13 heteroatoms. The molecule has 0 unspecified atom stereocenters. The number of nitrogens with zero attached hydrogens (tertiary/aromatic N) is 2. The van der Waals surface area contributed by atoms with E-state index in [1.165, 1.54) is 34.1 Å². The minimum Gasteiger partial charge on any atom is -0.508 e. The van der Waals surface area contributed by atoms with Gasteiger partial charge < -0.3 is 35.2 Å². The molecular formula is C38H46N4O9. The number of esters is 1. The van der Waals surface area contributed by atoms with Gasteiger partial charge in [0.1, 0.15) is 41.8 Å². The molecule has 13 nitrogen and oxygen atoms in total. The van der Waals surface area contributed by atoms with Gasteiger partial charge in [0.25, 0.3) is 0 Å². The summed E-state index contributed by atoms with van der Waals surface area (Å²) >= 11 is 0. The van der Waals surface area contributed by atoms with Crippen LogP contribution in [0.1, 0.15) is 44.4 Å².